The number of halogens is 1. The maximum atomic E-state index is 5.52. The summed E-state index contributed by atoms with van der Waals surface area (Å²) in [5, 5.41) is 0.175. The van der Waals surface area contributed by atoms with Gasteiger partial charge in [-0.15, -0.1) is 0 Å². The quantitative estimate of drug-likeness (QED) is 0.562. The van der Waals surface area contributed by atoms with Crippen molar-refractivity contribution < 1.29 is 4.42 Å². The maximum absolute atomic E-state index is 5.52. The summed E-state index contributed by atoms with van der Waals surface area (Å²) in [6, 6.07) is 0. The van der Waals surface area contributed by atoms with Crippen molar-refractivity contribution in [1.29, 1.82) is 0 Å². The number of aromatic nitrogens is 3. The van der Waals surface area contributed by atoms with Crippen molar-refractivity contribution in [2.24, 2.45) is 0 Å². The zero-order valence-corrected chi connectivity index (χ0v) is 6.46. The zero-order chi connectivity index (χ0) is 7.84. The average molecular weight is 170 g/mol. The van der Waals surface area contributed by atoms with Gasteiger partial charge in [-0.25, -0.2) is 9.97 Å². The minimum absolute atomic E-state index is 0.175. The predicted octanol–water partition coefficient (Wildman–Crippen LogP) is 1.58. The van der Waals surface area contributed by atoms with E-state index in [4.69, 9.17) is 16.0 Å². The lowest BCUT2D eigenvalue weighted by atomic mass is 10.6. The van der Waals surface area contributed by atoms with Gasteiger partial charge in [-0.3, -0.25) is 0 Å². The Hall–Kier alpha value is -1.16. The molecule has 0 aromatic carbocycles. The summed E-state index contributed by atoms with van der Waals surface area (Å²) < 4.78 is 5.10. The smallest absolute Gasteiger partial charge is 0.251 e. The molecule has 0 saturated heterocycles. The van der Waals surface area contributed by atoms with E-state index in [0.29, 0.717) is 17.1 Å². The van der Waals surface area contributed by atoms with Crippen LogP contribution in [0.25, 0.3) is 11.2 Å². The van der Waals surface area contributed by atoms with Crippen LogP contribution in [-0.2, 0) is 0 Å². The van der Waals surface area contributed by atoms with E-state index in [-0.39, 0.29) is 5.28 Å². The fraction of sp³-hybridized carbons (Fsp3) is 0.167. The summed E-state index contributed by atoms with van der Waals surface area (Å²) in [5.41, 5.74) is 1.06. The van der Waals surface area contributed by atoms with E-state index in [1.54, 1.807) is 6.92 Å². The monoisotopic (exact) mass is 169 g/mol. The molecular formula is C6H4ClN3O. The standard InChI is InChI=1S/C6H4ClN3O/c1-3-9-4-2-8-6(7)10-5(4)11-3/h2H,1H3. The van der Waals surface area contributed by atoms with Gasteiger partial charge in [-0.2, -0.15) is 4.98 Å². The molecule has 2 aromatic heterocycles. The predicted molar refractivity (Wildman–Crippen MR) is 39.3 cm³/mol. The fourth-order valence-corrected chi connectivity index (χ4v) is 0.949. The molecule has 11 heavy (non-hydrogen) atoms. The van der Waals surface area contributed by atoms with Crippen molar-refractivity contribution in [3.8, 4) is 0 Å². The molecule has 0 saturated carbocycles. The molecule has 56 valence electrons. The molecule has 0 fully saturated rings. The van der Waals surface area contributed by atoms with Crippen molar-refractivity contribution >= 4 is 22.8 Å². The molecule has 0 radical (unpaired) electrons. The van der Waals surface area contributed by atoms with Gasteiger partial charge in [0.25, 0.3) is 5.71 Å². The normalized spacial score (nSPS) is 10.7. The highest BCUT2D eigenvalue weighted by Crippen LogP contribution is 2.12. The number of fused-ring (bicyclic) bond motifs is 1. The van der Waals surface area contributed by atoms with Gasteiger partial charge in [0.2, 0.25) is 5.28 Å². The van der Waals surface area contributed by atoms with Crippen molar-refractivity contribution in [2.45, 2.75) is 6.92 Å². The van der Waals surface area contributed by atoms with Crippen LogP contribution in [0, 0.1) is 6.92 Å². The Morgan fingerprint density at radius 2 is 2.27 bits per heavy atom. The molecule has 4 nitrogen and oxygen atoms in total. The largest absolute Gasteiger partial charge is 0.422 e. The first-order valence-corrected chi connectivity index (χ1v) is 3.39. The van der Waals surface area contributed by atoms with E-state index < -0.39 is 0 Å². The molecule has 0 aliphatic carbocycles. The minimum Gasteiger partial charge on any atom is -0.422 e. The maximum Gasteiger partial charge on any atom is 0.251 e. The van der Waals surface area contributed by atoms with Crippen LogP contribution in [0.1, 0.15) is 5.89 Å². The van der Waals surface area contributed by atoms with Crippen LogP contribution >= 0.6 is 11.6 Å². The van der Waals surface area contributed by atoms with E-state index in [9.17, 15) is 0 Å². The van der Waals surface area contributed by atoms with E-state index >= 15 is 0 Å². The van der Waals surface area contributed by atoms with Crippen LogP contribution in [-0.4, -0.2) is 15.0 Å². The highest BCUT2D eigenvalue weighted by atomic mass is 35.5. The number of aryl methyl sites for hydroxylation is 1. The third kappa shape index (κ3) is 1.05. The Balaban J connectivity index is 2.82. The van der Waals surface area contributed by atoms with E-state index in [2.05, 4.69) is 15.0 Å². The van der Waals surface area contributed by atoms with Crippen molar-refractivity contribution in [3.63, 3.8) is 0 Å². The Kier molecular flexibility index (Phi) is 1.29. The molecule has 2 rings (SSSR count). The lowest BCUT2D eigenvalue weighted by molar-refractivity contribution is 0.551. The summed E-state index contributed by atoms with van der Waals surface area (Å²) in [6.45, 7) is 1.75. The third-order valence-corrected chi connectivity index (χ3v) is 1.41. The van der Waals surface area contributed by atoms with Crippen LogP contribution < -0.4 is 0 Å². The molecule has 0 N–H and O–H groups in total. The number of hydrogen-bond donors (Lipinski definition) is 0. The molecular weight excluding hydrogens is 166 g/mol. The molecule has 2 heterocycles. The molecule has 0 bridgehead atoms. The molecule has 0 atom stereocenters. The fourth-order valence-electron chi connectivity index (χ4n) is 0.824. The van der Waals surface area contributed by atoms with Gasteiger partial charge in [-0.1, -0.05) is 0 Å². The van der Waals surface area contributed by atoms with Gasteiger partial charge in [0, 0.05) is 6.92 Å². The first-order chi connectivity index (χ1) is 5.25. The number of oxazole rings is 1. The number of hydrogen-bond acceptors (Lipinski definition) is 4. The third-order valence-electron chi connectivity index (χ3n) is 1.23. The average Bonchev–Trinajstić information content (AvgIpc) is 2.27. The Morgan fingerprint density at radius 3 is 3.09 bits per heavy atom. The molecule has 0 amide bonds. The summed E-state index contributed by atoms with van der Waals surface area (Å²) in [6.07, 6.45) is 1.53. The van der Waals surface area contributed by atoms with Gasteiger partial charge < -0.3 is 4.42 Å². The second-order valence-electron chi connectivity index (χ2n) is 2.06. The summed E-state index contributed by atoms with van der Waals surface area (Å²) in [7, 11) is 0. The van der Waals surface area contributed by atoms with Gasteiger partial charge >= 0.3 is 0 Å². The second kappa shape index (κ2) is 2.17. The van der Waals surface area contributed by atoms with Crippen LogP contribution in [0.15, 0.2) is 10.6 Å². The van der Waals surface area contributed by atoms with E-state index in [1.165, 1.54) is 6.20 Å². The highest BCUT2D eigenvalue weighted by Gasteiger charge is 2.03. The minimum atomic E-state index is 0.175. The Bertz CT molecular complexity index is 398. The van der Waals surface area contributed by atoms with Crippen molar-refractivity contribution in [3.05, 3.63) is 17.4 Å². The summed E-state index contributed by atoms with van der Waals surface area (Å²) >= 11 is 5.52. The first kappa shape index (κ1) is 6.54. The molecule has 0 unspecified atom stereocenters. The van der Waals surface area contributed by atoms with E-state index in [0.717, 1.165) is 0 Å². The molecule has 0 spiro atoms. The van der Waals surface area contributed by atoms with Gasteiger partial charge in [0.15, 0.2) is 5.89 Å². The van der Waals surface area contributed by atoms with E-state index in [1.807, 2.05) is 0 Å². The summed E-state index contributed by atoms with van der Waals surface area (Å²) in [5.74, 6) is 0.566. The van der Waals surface area contributed by atoms with Crippen LogP contribution in [0.3, 0.4) is 0 Å². The first-order valence-electron chi connectivity index (χ1n) is 3.01. The molecule has 2 aromatic rings. The Morgan fingerprint density at radius 1 is 1.45 bits per heavy atom. The van der Waals surface area contributed by atoms with Crippen LogP contribution in [0.5, 0.6) is 0 Å². The topological polar surface area (TPSA) is 51.8 Å². The van der Waals surface area contributed by atoms with Gasteiger partial charge in [-0.05, 0) is 11.6 Å². The van der Waals surface area contributed by atoms with Gasteiger partial charge in [0.1, 0.15) is 5.52 Å². The molecule has 0 aliphatic rings. The Labute approximate surface area is 67.2 Å². The van der Waals surface area contributed by atoms with Crippen LogP contribution in [0.4, 0.5) is 0 Å². The number of rotatable bonds is 0. The van der Waals surface area contributed by atoms with Crippen LogP contribution in [0.2, 0.25) is 5.28 Å². The summed E-state index contributed by atoms with van der Waals surface area (Å²) in [4.78, 5) is 11.6. The zero-order valence-electron chi connectivity index (χ0n) is 5.71. The number of nitrogens with zero attached hydrogens (tertiary/aromatic N) is 3. The molecule has 5 heteroatoms. The molecule has 0 aliphatic heterocycles. The van der Waals surface area contributed by atoms with Gasteiger partial charge in [0.05, 0.1) is 6.20 Å². The second-order valence-corrected chi connectivity index (χ2v) is 2.40. The lowest BCUT2D eigenvalue weighted by Gasteiger charge is -1.84. The highest BCUT2D eigenvalue weighted by molar-refractivity contribution is 6.28. The van der Waals surface area contributed by atoms with Crippen molar-refractivity contribution in [2.75, 3.05) is 0 Å². The van der Waals surface area contributed by atoms with Crippen molar-refractivity contribution in [1.82, 2.24) is 15.0 Å². The SMILES string of the molecule is Cc1nc2cnc(Cl)nc2o1. The lowest BCUT2D eigenvalue weighted by Crippen LogP contribution is -1.79.